The second-order valence-corrected chi connectivity index (χ2v) is 20.6. The number of anilines is 1. The number of hydrogen-bond donors (Lipinski definition) is 0. The fraction of sp³-hybridized carbons (Fsp3) is 0.513. The zero-order valence-corrected chi connectivity index (χ0v) is 31.6. The Morgan fingerprint density at radius 2 is 1.60 bits per heavy atom. The molecule has 0 N–H and O–H groups in total. The van der Waals surface area contributed by atoms with Crippen LogP contribution in [0.1, 0.15) is 66.4 Å². The van der Waals surface area contributed by atoms with E-state index in [0.717, 1.165) is 19.3 Å². The molecule has 0 radical (unpaired) electrons. The molecule has 2 fully saturated rings. The minimum atomic E-state index is -4.71. The molecule has 1 aliphatic carbocycles. The molecule has 2 aliphatic rings. The number of methoxy groups -OCH3 is 1. The monoisotopic (exact) mass is 740 g/mol. The van der Waals surface area contributed by atoms with Gasteiger partial charge < -0.3 is 19.1 Å². The highest BCUT2D eigenvalue weighted by atomic mass is 28.3. The first kappa shape index (κ1) is 37.7. The maximum Gasteiger partial charge on any atom is 0.422 e. The zero-order chi connectivity index (χ0) is 37.5. The fourth-order valence-electron chi connectivity index (χ4n) is 8.65. The van der Waals surface area contributed by atoms with Crippen LogP contribution >= 0.6 is 0 Å². The third kappa shape index (κ3) is 7.16. The number of halogens is 5. The van der Waals surface area contributed by atoms with Crippen molar-refractivity contribution in [3.8, 4) is 34.4 Å². The standard InChI is InChI=1S/C39H45F5N4O3Si/c1-22(2)52(23(3)4,24(5)6)13-12-29-31(40)11-10-27-15-28(51-21-49-7)16-30(32(27)29)35-34(41)36-33(38(47-35)50-19-39(42,43)44)37(46-20-45-36)48-17-25-8-9-26(14-25)18-48/h10-11,15-16,20,22-26H,8-9,14,17-19,21H2,1-7H3. The summed E-state index contributed by atoms with van der Waals surface area (Å²) < 4.78 is 90.5. The van der Waals surface area contributed by atoms with Gasteiger partial charge in [-0.3, -0.25) is 0 Å². The summed E-state index contributed by atoms with van der Waals surface area (Å²) in [6.07, 6.45) is -0.350. The number of ether oxygens (including phenoxy) is 3. The van der Waals surface area contributed by atoms with Crippen LogP contribution in [0.5, 0.6) is 11.6 Å². The SMILES string of the molecule is COCOc1cc(-c2nc(OCC(F)(F)F)c3c(N4CC5CCC(C5)C4)ncnc3c2F)c2c(C#C[Si](C(C)C)(C(C)C)C(C)C)c(F)ccc2c1. The predicted octanol–water partition coefficient (Wildman–Crippen LogP) is 9.85. The molecule has 2 atom stereocenters. The number of rotatable bonds is 10. The first-order chi connectivity index (χ1) is 24.6. The quantitative estimate of drug-likeness (QED) is 0.0694. The number of benzene rings is 2. The Bertz CT molecular complexity index is 1990. The summed E-state index contributed by atoms with van der Waals surface area (Å²) in [5, 5.41) is 0.662. The molecule has 2 bridgehead atoms. The number of fused-ring (bicyclic) bond motifs is 4. The molecular formula is C39H45F5N4O3Si. The van der Waals surface area contributed by atoms with Gasteiger partial charge in [0.2, 0.25) is 5.88 Å². The van der Waals surface area contributed by atoms with E-state index in [4.69, 9.17) is 14.2 Å². The van der Waals surface area contributed by atoms with Crippen molar-refractivity contribution >= 4 is 35.6 Å². The molecular weight excluding hydrogens is 696 g/mol. The molecule has 2 aromatic carbocycles. The molecule has 6 rings (SSSR count). The van der Waals surface area contributed by atoms with Gasteiger partial charge in [0.15, 0.2) is 19.2 Å². The third-order valence-electron chi connectivity index (χ3n) is 10.9. The second kappa shape index (κ2) is 14.8. The van der Waals surface area contributed by atoms with Crippen LogP contribution in [-0.2, 0) is 4.74 Å². The van der Waals surface area contributed by atoms with Crippen LogP contribution in [0.4, 0.5) is 27.8 Å². The molecule has 4 aromatic rings. The van der Waals surface area contributed by atoms with Gasteiger partial charge in [0.05, 0.1) is 5.56 Å². The highest BCUT2D eigenvalue weighted by Crippen LogP contribution is 2.45. The zero-order valence-electron chi connectivity index (χ0n) is 30.6. The second-order valence-electron chi connectivity index (χ2n) is 15.0. The molecule has 13 heteroatoms. The lowest BCUT2D eigenvalue weighted by Gasteiger charge is -2.38. The molecule has 2 aromatic heterocycles. The van der Waals surface area contributed by atoms with Gasteiger partial charge in [-0.25, -0.2) is 23.7 Å². The summed E-state index contributed by atoms with van der Waals surface area (Å²) in [5.74, 6) is 2.52. The molecule has 1 saturated carbocycles. The average molecular weight is 741 g/mol. The van der Waals surface area contributed by atoms with E-state index in [2.05, 4.69) is 68.0 Å². The van der Waals surface area contributed by atoms with Crippen LogP contribution in [0.2, 0.25) is 16.6 Å². The van der Waals surface area contributed by atoms with E-state index in [9.17, 15) is 13.2 Å². The molecule has 1 saturated heterocycles. The summed E-state index contributed by atoms with van der Waals surface area (Å²) in [6, 6.07) is 5.96. The van der Waals surface area contributed by atoms with E-state index in [0.29, 0.717) is 30.3 Å². The van der Waals surface area contributed by atoms with Crippen LogP contribution in [0.25, 0.3) is 32.9 Å². The van der Waals surface area contributed by atoms with E-state index in [1.165, 1.54) is 31.6 Å². The summed E-state index contributed by atoms with van der Waals surface area (Å²) in [7, 11) is -0.922. The topological polar surface area (TPSA) is 69.6 Å². The molecule has 0 amide bonds. The maximum atomic E-state index is 17.1. The molecule has 278 valence electrons. The smallest absolute Gasteiger partial charge is 0.422 e. The molecule has 2 unspecified atom stereocenters. The van der Waals surface area contributed by atoms with Gasteiger partial charge in [0.25, 0.3) is 0 Å². The van der Waals surface area contributed by atoms with E-state index in [-0.39, 0.29) is 68.1 Å². The van der Waals surface area contributed by atoms with Gasteiger partial charge in [-0.2, -0.15) is 13.2 Å². The summed E-state index contributed by atoms with van der Waals surface area (Å²) in [6.45, 7) is 12.3. The van der Waals surface area contributed by atoms with E-state index in [1.807, 2.05) is 4.90 Å². The Kier molecular flexibility index (Phi) is 10.7. The highest BCUT2D eigenvalue weighted by molar-refractivity contribution is 6.90. The molecule has 52 heavy (non-hydrogen) atoms. The molecule has 3 heterocycles. The Morgan fingerprint density at radius 3 is 2.21 bits per heavy atom. The Labute approximate surface area is 302 Å². The Morgan fingerprint density at radius 1 is 0.923 bits per heavy atom. The van der Waals surface area contributed by atoms with E-state index < -0.39 is 38.4 Å². The molecule has 7 nitrogen and oxygen atoms in total. The third-order valence-corrected chi connectivity index (χ3v) is 17.1. The van der Waals surface area contributed by atoms with Crippen LogP contribution < -0.4 is 14.4 Å². The van der Waals surface area contributed by atoms with Crippen LogP contribution in [0.15, 0.2) is 30.6 Å². The minimum Gasteiger partial charge on any atom is -0.468 e. The van der Waals surface area contributed by atoms with Crippen molar-refractivity contribution in [3.63, 3.8) is 0 Å². The average Bonchev–Trinajstić information content (AvgIpc) is 3.43. The number of aromatic nitrogens is 3. The van der Waals surface area contributed by atoms with Gasteiger partial charge in [-0.15, -0.1) is 5.54 Å². The van der Waals surface area contributed by atoms with Crippen LogP contribution in [-0.4, -0.2) is 62.8 Å². The number of hydrogen-bond acceptors (Lipinski definition) is 7. The van der Waals surface area contributed by atoms with Crippen molar-refractivity contribution in [1.29, 1.82) is 0 Å². The van der Waals surface area contributed by atoms with E-state index >= 15 is 8.78 Å². The van der Waals surface area contributed by atoms with Crippen molar-refractivity contribution in [2.75, 3.05) is 38.5 Å². The first-order valence-corrected chi connectivity index (χ1v) is 20.1. The molecule has 1 aliphatic heterocycles. The van der Waals surface area contributed by atoms with Crippen molar-refractivity contribution in [1.82, 2.24) is 15.0 Å². The normalized spacial score (nSPS) is 17.8. The predicted molar refractivity (Wildman–Crippen MR) is 195 cm³/mol. The van der Waals surface area contributed by atoms with Crippen molar-refractivity contribution in [2.24, 2.45) is 11.8 Å². The lowest BCUT2D eigenvalue weighted by atomic mass is 9.95. The summed E-state index contributed by atoms with van der Waals surface area (Å²) in [5.41, 5.74) is 3.79. The highest BCUT2D eigenvalue weighted by Gasteiger charge is 2.42. The Hall–Kier alpha value is -4.02. The van der Waals surface area contributed by atoms with Gasteiger partial charge in [0.1, 0.15) is 48.4 Å². The number of nitrogens with zero attached hydrogens (tertiary/aromatic N) is 4. The van der Waals surface area contributed by atoms with Gasteiger partial charge in [-0.05, 0) is 71.3 Å². The number of alkyl halides is 3. The Balaban J connectivity index is 1.65. The van der Waals surface area contributed by atoms with Gasteiger partial charge in [-0.1, -0.05) is 53.5 Å². The maximum absolute atomic E-state index is 17.1. The fourth-order valence-corrected chi connectivity index (χ4v) is 13.9. The number of piperidine rings is 1. The molecule has 0 spiro atoms. The van der Waals surface area contributed by atoms with Crippen LogP contribution in [0.3, 0.4) is 0 Å². The summed E-state index contributed by atoms with van der Waals surface area (Å²) >= 11 is 0. The summed E-state index contributed by atoms with van der Waals surface area (Å²) in [4.78, 5) is 15.1. The lowest BCUT2D eigenvalue weighted by Crippen LogP contribution is -2.43. The van der Waals surface area contributed by atoms with Crippen molar-refractivity contribution < 1.29 is 36.2 Å². The van der Waals surface area contributed by atoms with Crippen molar-refractivity contribution in [3.05, 3.63) is 47.8 Å². The largest absolute Gasteiger partial charge is 0.468 e. The first-order valence-electron chi connectivity index (χ1n) is 17.8. The number of pyridine rings is 1. The van der Waals surface area contributed by atoms with E-state index in [1.54, 1.807) is 6.07 Å². The van der Waals surface area contributed by atoms with Gasteiger partial charge in [0, 0.05) is 31.1 Å². The lowest BCUT2D eigenvalue weighted by molar-refractivity contribution is -0.153. The van der Waals surface area contributed by atoms with Crippen LogP contribution in [0, 0.1) is 34.9 Å². The van der Waals surface area contributed by atoms with Crippen molar-refractivity contribution in [2.45, 2.75) is 83.6 Å². The minimum absolute atomic E-state index is 0.0378. The van der Waals surface area contributed by atoms with Gasteiger partial charge >= 0.3 is 6.18 Å².